The highest BCUT2D eigenvalue weighted by molar-refractivity contribution is 7.97. The lowest BCUT2D eigenvalue weighted by Gasteiger charge is -2.34. The van der Waals surface area contributed by atoms with E-state index in [9.17, 15) is 14.3 Å². The van der Waals surface area contributed by atoms with Crippen LogP contribution in [-0.4, -0.2) is 46.1 Å². The molecule has 176 valence electrons. The molecule has 7 heteroatoms. The largest absolute Gasteiger partial charge is 0.380 e. The van der Waals surface area contributed by atoms with Gasteiger partial charge in [0.2, 0.25) is 0 Å². The zero-order valence-electron chi connectivity index (χ0n) is 18.8. The van der Waals surface area contributed by atoms with E-state index >= 15 is 4.39 Å². The molecular weight excluding hydrogens is 442 g/mol. The third-order valence-electron chi connectivity index (χ3n) is 7.75. The molecule has 3 fully saturated rings. The number of aliphatic hydroxyl groups is 1. The molecule has 33 heavy (non-hydrogen) atoms. The number of halogens is 2. The van der Waals surface area contributed by atoms with Gasteiger partial charge in [-0.2, -0.15) is 0 Å². The van der Waals surface area contributed by atoms with Crippen molar-refractivity contribution in [2.24, 2.45) is 11.3 Å². The summed E-state index contributed by atoms with van der Waals surface area (Å²) >= 11 is 0.995. The summed E-state index contributed by atoms with van der Waals surface area (Å²) in [6, 6.07) is 13.7. The summed E-state index contributed by atoms with van der Waals surface area (Å²) in [5.41, 5.74) is 0.308. The first-order valence-corrected chi connectivity index (χ1v) is 12.7. The van der Waals surface area contributed by atoms with E-state index in [4.69, 9.17) is 0 Å². The van der Waals surface area contributed by atoms with Gasteiger partial charge >= 0.3 is 0 Å². The maximum atomic E-state index is 15.7. The van der Waals surface area contributed by atoms with E-state index in [0.717, 1.165) is 43.2 Å². The third-order valence-corrected chi connectivity index (χ3v) is 8.28. The van der Waals surface area contributed by atoms with Gasteiger partial charge in [-0.15, -0.1) is 0 Å². The van der Waals surface area contributed by atoms with Crippen LogP contribution in [0.15, 0.2) is 48.5 Å². The van der Waals surface area contributed by atoms with Crippen LogP contribution in [-0.2, 0) is 11.2 Å². The van der Waals surface area contributed by atoms with Crippen molar-refractivity contribution >= 4 is 17.9 Å². The van der Waals surface area contributed by atoms with Gasteiger partial charge in [0, 0.05) is 23.6 Å². The van der Waals surface area contributed by atoms with Crippen LogP contribution in [0.25, 0.3) is 11.1 Å². The van der Waals surface area contributed by atoms with Gasteiger partial charge in [-0.3, -0.25) is 9.52 Å². The molecule has 1 saturated heterocycles. The van der Waals surface area contributed by atoms with Crippen molar-refractivity contribution in [1.29, 1.82) is 0 Å². The first-order valence-electron chi connectivity index (χ1n) is 11.7. The molecule has 1 amide bonds. The van der Waals surface area contributed by atoms with E-state index in [1.54, 1.807) is 24.0 Å². The predicted molar refractivity (Wildman–Crippen MR) is 127 cm³/mol. The lowest BCUT2D eigenvalue weighted by atomic mass is 9.91. The van der Waals surface area contributed by atoms with Crippen LogP contribution < -0.4 is 4.72 Å². The Morgan fingerprint density at radius 2 is 1.94 bits per heavy atom. The monoisotopic (exact) mass is 472 g/mol. The second kappa shape index (κ2) is 8.67. The second-order valence-corrected chi connectivity index (χ2v) is 10.7. The van der Waals surface area contributed by atoms with E-state index < -0.39 is 11.6 Å². The maximum Gasteiger partial charge on any atom is 0.254 e. The molecule has 0 aromatic heterocycles. The van der Waals surface area contributed by atoms with Crippen LogP contribution >= 0.6 is 11.9 Å². The number of hydrogen-bond acceptors (Lipinski definition) is 4. The Bertz CT molecular complexity index is 1020. The lowest BCUT2D eigenvalue weighted by molar-refractivity contribution is -0.152. The van der Waals surface area contributed by atoms with Crippen molar-refractivity contribution in [3.63, 3.8) is 0 Å². The van der Waals surface area contributed by atoms with Gasteiger partial charge in [-0.25, -0.2) is 8.78 Å². The quantitative estimate of drug-likeness (QED) is 0.546. The summed E-state index contributed by atoms with van der Waals surface area (Å²) in [6.07, 6.45) is 3.88. The smallest absolute Gasteiger partial charge is 0.254 e. The Labute approximate surface area is 197 Å². The number of nitrogens with zero attached hydrogens (tertiary/aromatic N) is 1. The van der Waals surface area contributed by atoms with Gasteiger partial charge in [-0.1, -0.05) is 48.5 Å². The van der Waals surface area contributed by atoms with Crippen LogP contribution in [0.4, 0.5) is 8.78 Å². The fourth-order valence-corrected chi connectivity index (χ4v) is 6.11. The topological polar surface area (TPSA) is 52.6 Å². The summed E-state index contributed by atoms with van der Waals surface area (Å²) in [5, 5.41) is 11.0. The molecule has 1 aliphatic heterocycles. The molecule has 3 atom stereocenters. The summed E-state index contributed by atoms with van der Waals surface area (Å²) in [6.45, 7) is 2.13. The van der Waals surface area contributed by atoms with Crippen LogP contribution in [0.3, 0.4) is 0 Å². The average Bonchev–Trinajstić information content (AvgIpc) is 3.73. The lowest BCUT2D eigenvalue weighted by Crippen LogP contribution is -2.53. The number of alkyl halides is 1. The molecule has 2 aromatic carbocycles. The van der Waals surface area contributed by atoms with Gasteiger partial charge in [0.1, 0.15) is 17.4 Å². The van der Waals surface area contributed by atoms with E-state index in [1.807, 2.05) is 36.4 Å². The molecule has 1 spiro atoms. The van der Waals surface area contributed by atoms with E-state index in [0.29, 0.717) is 24.1 Å². The molecule has 1 heterocycles. The molecule has 3 unspecified atom stereocenters. The maximum absolute atomic E-state index is 15.7. The van der Waals surface area contributed by atoms with Crippen molar-refractivity contribution in [1.82, 2.24) is 9.62 Å². The predicted octanol–water partition coefficient (Wildman–Crippen LogP) is 4.72. The van der Waals surface area contributed by atoms with Crippen molar-refractivity contribution in [3.05, 3.63) is 59.9 Å². The van der Waals surface area contributed by atoms with E-state index in [2.05, 4.69) is 4.72 Å². The van der Waals surface area contributed by atoms with Crippen LogP contribution in [0.1, 0.15) is 38.2 Å². The van der Waals surface area contributed by atoms with E-state index in [1.165, 1.54) is 0 Å². The number of rotatable bonds is 8. The zero-order valence-corrected chi connectivity index (χ0v) is 19.6. The highest BCUT2D eigenvalue weighted by Crippen LogP contribution is 2.56. The number of hydrogen-bond donors (Lipinski definition) is 2. The summed E-state index contributed by atoms with van der Waals surface area (Å²) < 4.78 is 32.0. The highest BCUT2D eigenvalue weighted by atomic mass is 32.2. The molecule has 5 rings (SSSR count). The SMILES string of the molecule is CC(O)(C(=O)N1CC2(CC2)C(NSCF)C1Cc1cccc(-c2ccccc2)c1F)C1CC1. The third kappa shape index (κ3) is 4.19. The Hall–Kier alpha value is -1.96. The standard InChI is InChI=1S/C26H30F2N2O2S/c1-25(32,19-10-11-19)24(31)30-15-26(12-13-26)23(29-33-16-27)21(30)14-18-8-5-9-20(22(18)28)17-6-3-2-4-7-17/h2-9,19,21,23,29,32H,10-16H2,1H3. The van der Waals surface area contributed by atoms with Gasteiger partial charge in [-0.05, 0) is 68.0 Å². The molecule has 2 aliphatic carbocycles. The molecule has 2 aromatic rings. The minimum Gasteiger partial charge on any atom is -0.380 e. The van der Waals surface area contributed by atoms with Crippen LogP contribution in [0.2, 0.25) is 0 Å². The average molecular weight is 473 g/mol. The van der Waals surface area contributed by atoms with Crippen molar-refractivity contribution in [3.8, 4) is 11.1 Å². The number of nitrogens with one attached hydrogen (secondary N) is 1. The first-order chi connectivity index (χ1) is 15.9. The number of carbonyl (C=O) groups excluding carboxylic acids is 1. The Balaban J connectivity index is 1.48. The highest BCUT2D eigenvalue weighted by Gasteiger charge is 2.62. The van der Waals surface area contributed by atoms with Crippen LogP contribution in [0, 0.1) is 17.2 Å². The first kappa shape index (κ1) is 22.8. The minimum absolute atomic E-state index is 0.0221. The Morgan fingerprint density at radius 3 is 2.58 bits per heavy atom. The van der Waals surface area contributed by atoms with Gasteiger partial charge in [0.05, 0.1) is 6.04 Å². The van der Waals surface area contributed by atoms with Gasteiger partial charge < -0.3 is 10.0 Å². The summed E-state index contributed by atoms with van der Waals surface area (Å²) in [4.78, 5) is 15.3. The molecular formula is C26H30F2N2O2S. The fourth-order valence-electron chi connectivity index (χ4n) is 5.46. The van der Waals surface area contributed by atoms with Crippen molar-refractivity contribution < 1.29 is 18.7 Å². The molecule has 2 N–H and O–H groups in total. The minimum atomic E-state index is -1.42. The Kier molecular flexibility index (Phi) is 6.00. The van der Waals surface area contributed by atoms with Gasteiger partial charge in [0.25, 0.3) is 5.91 Å². The molecule has 2 saturated carbocycles. The number of carbonyl (C=O) groups is 1. The molecule has 0 bridgehead atoms. The van der Waals surface area contributed by atoms with Crippen LogP contribution in [0.5, 0.6) is 0 Å². The summed E-state index contributed by atoms with van der Waals surface area (Å²) in [5.74, 6) is -0.597. The number of benzene rings is 2. The second-order valence-electron chi connectivity index (χ2n) is 9.98. The Morgan fingerprint density at radius 1 is 1.21 bits per heavy atom. The van der Waals surface area contributed by atoms with E-state index in [-0.39, 0.29) is 35.1 Å². The molecule has 3 aliphatic rings. The fraction of sp³-hybridized carbons (Fsp3) is 0.500. The number of amides is 1. The molecule has 4 nitrogen and oxygen atoms in total. The summed E-state index contributed by atoms with van der Waals surface area (Å²) in [7, 11) is 0. The normalized spacial score (nSPS) is 25.3. The zero-order chi connectivity index (χ0) is 23.2. The number of likely N-dealkylation sites (tertiary alicyclic amines) is 1. The molecule has 0 radical (unpaired) electrons. The van der Waals surface area contributed by atoms with Crippen molar-refractivity contribution in [2.45, 2.75) is 56.7 Å². The van der Waals surface area contributed by atoms with Crippen molar-refractivity contribution in [2.75, 3.05) is 12.6 Å². The van der Waals surface area contributed by atoms with Gasteiger partial charge in [0.15, 0.2) is 0 Å².